The molecule has 1 amide bonds. The van der Waals surface area contributed by atoms with Gasteiger partial charge in [-0.2, -0.15) is 5.10 Å². The molecule has 2 rings (SSSR count). The SMILES string of the molecule is CC(C)n1cc(C2CNC(=O)C2)cn1. The minimum Gasteiger partial charge on any atom is -0.355 e. The summed E-state index contributed by atoms with van der Waals surface area (Å²) >= 11 is 0. The van der Waals surface area contributed by atoms with Gasteiger partial charge in [-0.15, -0.1) is 0 Å². The molecule has 0 saturated carbocycles. The van der Waals surface area contributed by atoms with Gasteiger partial charge in [0.2, 0.25) is 5.91 Å². The molecule has 1 unspecified atom stereocenters. The van der Waals surface area contributed by atoms with Gasteiger partial charge in [0.15, 0.2) is 0 Å². The zero-order valence-corrected chi connectivity index (χ0v) is 8.53. The molecule has 1 aliphatic rings. The molecule has 0 spiro atoms. The molecule has 76 valence electrons. The summed E-state index contributed by atoms with van der Waals surface area (Å²) < 4.78 is 1.93. The van der Waals surface area contributed by atoms with Crippen LogP contribution < -0.4 is 5.32 Å². The first-order valence-corrected chi connectivity index (χ1v) is 4.97. The number of nitrogens with one attached hydrogen (secondary N) is 1. The number of carbonyl (C=O) groups is 1. The highest BCUT2D eigenvalue weighted by Gasteiger charge is 2.24. The van der Waals surface area contributed by atoms with E-state index in [-0.39, 0.29) is 5.91 Å². The van der Waals surface area contributed by atoms with Crippen molar-refractivity contribution in [3.63, 3.8) is 0 Å². The molecule has 1 atom stereocenters. The van der Waals surface area contributed by atoms with E-state index in [0.717, 1.165) is 12.1 Å². The molecule has 1 saturated heterocycles. The van der Waals surface area contributed by atoms with E-state index in [9.17, 15) is 4.79 Å². The maximum atomic E-state index is 11.0. The van der Waals surface area contributed by atoms with E-state index in [2.05, 4.69) is 24.3 Å². The monoisotopic (exact) mass is 193 g/mol. The molecule has 1 aromatic rings. The average Bonchev–Trinajstić information content (AvgIpc) is 2.70. The first-order chi connectivity index (χ1) is 6.66. The average molecular weight is 193 g/mol. The van der Waals surface area contributed by atoms with Crippen LogP contribution in [0.3, 0.4) is 0 Å². The summed E-state index contributed by atoms with van der Waals surface area (Å²) in [6.45, 7) is 4.94. The maximum Gasteiger partial charge on any atom is 0.220 e. The smallest absolute Gasteiger partial charge is 0.220 e. The van der Waals surface area contributed by atoms with Crippen molar-refractivity contribution in [2.45, 2.75) is 32.2 Å². The van der Waals surface area contributed by atoms with Gasteiger partial charge in [0.1, 0.15) is 0 Å². The van der Waals surface area contributed by atoms with Crippen LogP contribution in [0.2, 0.25) is 0 Å². The predicted octanol–water partition coefficient (Wildman–Crippen LogP) is 1.07. The zero-order valence-electron chi connectivity index (χ0n) is 8.53. The fourth-order valence-corrected chi connectivity index (χ4v) is 1.69. The fourth-order valence-electron chi connectivity index (χ4n) is 1.69. The first-order valence-electron chi connectivity index (χ1n) is 4.97. The van der Waals surface area contributed by atoms with Crippen LogP contribution in [0, 0.1) is 0 Å². The molecule has 0 radical (unpaired) electrons. The third kappa shape index (κ3) is 1.64. The third-order valence-electron chi connectivity index (χ3n) is 2.60. The molecular weight excluding hydrogens is 178 g/mol. The van der Waals surface area contributed by atoms with Crippen LogP contribution in [0.5, 0.6) is 0 Å². The summed E-state index contributed by atoms with van der Waals surface area (Å²) in [5, 5.41) is 7.09. The molecule has 4 heteroatoms. The second-order valence-corrected chi connectivity index (χ2v) is 4.05. The van der Waals surface area contributed by atoms with Gasteiger partial charge in [-0.1, -0.05) is 0 Å². The molecular formula is C10H15N3O. The summed E-state index contributed by atoms with van der Waals surface area (Å²) in [6, 6.07) is 0.383. The lowest BCUT2D eigenvalue weighted by Crippen LogP contribution is -2.13. The Morgan fingerprint density at radius 2 is 2.43 bits per heavy atom. The number of hydrogen-bond acceptors (Lipinski definition) is 2. The van der Waals surface area contributed by atoms with Crippen LogP contribution in [-0.2, 0) is 4.79 Å². The van der Waals surface area contributed by atoms with Crippen molar-refractivity contribution >= 4 is 5.91 Å². The van der Waals surface area contributed by atoms with Gasteiger partial charge in [-0.25, -0.2) is 0 Å². The summed E-state index contributed by atoms with van der Waals surface area (Å²) in [5.74, 6) is 0.460. The standard InChI is InChI=1S/C10H15N3O/c1-7(2)13-6-9(5-12-13)8-3-10(14)11-4-8/h5-8H,3-4H2,1-2H3,(H,11,14). The Kier molecular flexibility index (Phi) is 2.27. The zero-order chi connectivity index (χ0) is 10.1. The third-order valence-corrected chi connectivity index (χ3v) is 2.60. The topological polar surface area (TPSA) is 46.9 Å². The van der Waals surface area contributed by atoms with Crippen molar-refractivity contribution in [2.75, 3.05) is 6.54 Å². The highest BCUT2D eigenvalue weighted by atomic mass is 16.1. The predicted molar refractivity (Wildman–Crippen MR) is 53.0 cm³/mol. The second-order valence-electron chi connectivity index (χ2n) is 4.05. The highest BCUT2D eigenvalue weighted by molar-refractivity contribution is 5.79. The Morgan fingerprint density at radius 1 is 1.64 bits per heavy atom. The lowest BCUT2D eigenvalue weighted by Gasteiger charge is -2.04. The number of rotatable bonds is 2. The van der Waals surface area contributed by atoms with Crippen LogP contribution in [0.1, 0.15) is 37.8 Å². The van der Waals surface area contributed by atoms with Gasteiger partial charge in [0.25, 0.3) is 0 Å². The fraction of sp³-hybridized carbons (Fsp3) is 0.600. The quantitative estimate of drug-likeness (QED) is 0.763. The Balaban J connectivity index is 2.13. The summed E-state index contributed by atoms with van der Waals surface area (Å²) in [4.78, 5) is 11.0. The second kappa shape index (κ2) is 3.44. The normalized spacial score (nSPS) is 21.6. The van der Waals surface area contributed by atoms with Crippen molar-refractivity contribution in [3.8, 4) is 0 Å². The van der Waals surface area contributed by atoms with Crippen LogP contribution >= 0.6 is 0 Å². The molecule has 4 nitrogen and oxygen atoms in total. The van der Waals surface area contributed by atoms with Crippen LogP contribution in [0.25, 0.3) is 0 Å². The van der Waals surface area contributed by atoms with E-state index in [1.54, 1.807) is 0 Å². The molecule has 0 bridgehead atoms. The van der Waals surface area contributed by atoms with Gasteiger partial charge >= 0.3 is 0 Å². The number of nitrogens with zero attached hydrogens (tertiary/aromatic N) is 2. The van der Waals surface area contributed by atoms with E-state index in [4.69, 9.17) is 0 Å². The molecule has 1 aromatic heterocycles. The number of amides is 1. The Bertz CT molecular complexity index is 343. The van der Waals surface area contributed by atoms with E-state index >= 15 is 0 Å². The van der Waals surface area contributed by atoms with Gasteiger partial charge in [0.05, 0.1) is 6.20 Å². The number of hydrogen-bond donors (Lipinski definition) is 1. The van der Waals surface area contributed by atoms with Crippen LogP contribution in [0.4, 0.5) is 0 Å². The molecule has 1 fully saturated rings. The highest BCUT2D eigenvalue weighted by Crippen LogP contribution is 2.22. The number of carbonyl (C=O) groups excluding carboxylic acids is 1. The van der Waals surface area contributed by atoms with Gasteiger partial charge in [0, 0.05) is 31.1 Å². The van der Waals surface area contributed by atoms with Crippen molar-refractivity contribution in [2.24, 2.45) is 0 Å². The van der Waals surface area contributed by atoms with Crippen molar-refractivity contribution in [1.29, 1.82) is 0 Å². The minimum absolute atomic E-state index is 0.146. The van der Waals surface area contributed by atoms with Gasteiger partial charge in [-0.05, 0) is 19.4 Å². The molecule has 0 aromatic carbocycles. The van der Waals surface area contributed by atoms with Gasteiger partial charge < -0.3 is 5.32 Å². The summed E-state index contributed by atoms with van der Waals surface area (Å²) in [7, 11) is 0. The Morgan fingerprint density at radius 3 is 2.93 bits per heavy atom. The van der Waals surface area contributed by atoms with Crippen LogP contribution in [0.15, 0.2) is 12.4 Å². The van der Waals surface area contributed by atoms with Gasteiger partial charge in [-0.3, -0.25) is 9.48 Å². The van der Waals surface area contributed by atoms with Crippen molar-refractivity contribution in [1.82, 2.24) is 15.1 Å². The maximum absolute atomic E-state index is 11.0. The lowest BCUT2D eigenvalue weighted by molar-refractivity contribution is -0.119. The largest absolute Gasteiger partial charge is 0.355 e. The lowest BCUT2D eigenvalue weighted by atomic mass is 10.0. The molecule has 2 heterocycles. The van der Waals surface area contributed by atoms with E-state index in [1.165, 1.54) is 0 Å². The Hall–Kier alpha value is -1.32. The van der Waals surface area contributed by atoms with Crippen molar-refractivity contribution in [3.05, 3.63) is 18.0 Å². The summed E-state index contributed by atoms with van der Waals surface area (Å²) in [6.07, 6.45) is 4.50. The molecule has 14 heavy (non-hydrogen) atoms. The summed E-state index contributed by atoms with van der Waals surface area (Å²) in [5.41, 5.74) is 1.16. The molecule has 1 aliphatic heterocycles. The minimum atomic E-state index is 0.146. The number of aromatic nitrogens is 2. The van der Waals surface area contributed by atoms with E-state index in [1.807, 2.05) is 17.1 Å². The first kappa shape index (κ1) is 9.24. The Labute approximate surface area is 83.3 Å². The van der Waals surface area contributed by atoms with Crippen molar-refractivity contribution < 1.29 is 4.79 Å². The van der Waals surface area contributed by atoms with Crippen LogP contribution in [-0.4, -0.2) is 22.2 Å². The van der Waals surface area contributed by atoms with E-state index < -0.39 is 0 Å². The molecule has 1 N–H and O–H groups in total. The van der Waals surface area contributed by atoms with E-state index in [0.29, 0.717) is 18.4 Å². The molecule has 0 aliphatic carbocycles.